The molecule has 2 aromatic heterocycles. The normalized spacial score (nSPS) is 11.3. The van der Waals surface area contributed by atoms with Gasteiger partial charge in [-0.2, -0.15) is 36.5 Å². The number of benzene rings is 2. The van der Waals surface area contributed by atoms with Gasteiger partial charge >= 0.3 is 12.4 Å². The zero-order chi connectivity index (χ0) is 30.6. The van der Waals surface area contributed by atoms with Crippen LogP contribution < -0.4 is 10.9 Å². The number of nitrogens with one attached hydrogen (secondary N) is 2. The molecule has 0 spiro atoms. The van der Waals surface area contributed by atoms with Crippen molar-refractivity contribution in [2.45, 2.75) is 12.4 Å². The largest absolute Gasteiger partial charge is 0.416 e. The first kappa shape index (κ1) is 34.3. The van der Waals surface area contributed by atoms with Crippen molar-refractivity contribution in [3.63, 3.8) is 0 Å². The predicted octanol–water partition coefficient (Wildman–Crippen LogP) is 5.73. The second-order valence-corrected chi connectivity index (χ2v) is 8.12. The van der Waals surface area contributed by atoms with Crippen molar-refractivity contribution in [2.75, 3.05) is 0 Å². The summed E-state index contributed by atoms with van der Waals surface area (Å²) in [6, 6.07) is 15.3. The Morgan fingerprint density at radius 1 is 0.605 bits per heavy atom. The molecule has 0 saturated heterocycles. The van der Waals surface area contributed by atoms with Gasteiger partial charge in [-0.25, -0.2) is 10.9 Å². The first-order valence-electron chi connectivity index (χ1n) is 11.7. The number of carbonyl (C=O) groups excluding carboxylic acids is 2. The average Bonchev–Trinajstić information content (AvgIpc) is 2.98. The van der Waals surface area contributed by atoms with Gasteiger partial charge in [0, 0.05) is 52.7 Å². The molecule has 2 amide bonds. The van der Waals surface area contributed by atoms with Crippen LogP contribution >= 0.6 is 0 Å². The fourth-order valence-electron chi connectivity index (χ4n) is 3.06. The van der Waals surface area contributed by atoms with Crippen LogP contribution in [0.1, 0.15) is 43.0 Å². The molecule has 0 unspecified atom stereocenters. The fraction of sp³-hybridized carbons (Fsp3) is 0.0714. The van der Waals surface area contributed by atoms with Crippen LogP contribution in [0.3, 0.4) is 0 Å². The predicted molar refractivity (Wildman–Crippen MR) is 141 cm³/mol. The number of nitrogens with zero attached hydrogens (tertiary/aromatic N) is 4. The summed E-state index contributed by atoms with van der Waals surface area (Å²) in [5.74, 6) is -0.943. The molecule has 2 aromatic carbocycles. The topological polar surface area (TPSA) is 109 Å². The summed E-state index contributed by atoms with van der Waals surface area (Å²) < 4.78 is 75.1. The fourth-order valence-corrected chi connectivity index (χ4v) is 3.06. The van der Waals surface area contributed by atoms with Crippen LogP contribution in [-0.2, 0) is 29.1 Å². The second-order valence-electron chi connectivity index (χ2n) is 8.12. The molecular weight excluding hydrogens is 625 g/mol. The van der Waals surface area contributed by atoms with E-state index < -0.39 is 35.3 Å². The Labute approximate surface area is 251 Å². The second kappa shape index (κ2) is 15.9. The van der Waals surface area contributed by atoms with Crippen LogP contribution in [0.4, 0.5) is 26.3 Å². The summed E-state index contributed by atoms with van der Waals surface area (Å²) in [6.07, 6.45) is -0.731. The Bertz CT molecular complexity index is 1430. The van der Waals surface area contributed by atoms with Crippen molar-refractivity contribution in [3.05, 3.63) is 131 Å². The number of carbonyl (C=O) groups is 2. The summed E-state index contributed by atoms with van der Waals surface area (Å²) in [6.45, 7) is 0. The maximum Gasteiger partial charge on any atom is 0.416 e. The molecule has 1 radical (unpaired) electrons. The van der Waals surface area contributed by atoms with Crippen LogP contribution in [0.2, 0.25) is 0 Å². The number of rotatable bonds is 6. The Balaban J connectivity index is 0.000000293. The van der Waals surface area contributed by atoms with Crippen LogP contribution in [0.5, 0.6) is 0 Å². The van der Waals surface area contributed by atoms with Crippen molar-refractivity contribution < 1.29 is 52.7 Å². The van der Waals surface area contributed by atoms with Gasteiger partial charge in [-0.1, -0.05) is 24.3 Å². The minimum atomic E-state index is -4.41. The van der Waals surface area contributed by atoms with Gasteiger partial charge in [0.25, 0.3) is 11.8 Å². The van der Waals surface area contributed by atoms with E-state index in [1.165, 1.54) is 73.3 Å². The molecule has 0 bridgehead atoms. The Kier molecular flexibility index (Phi) is 12.7. The van der Waals surface area contributed by atoms with Crippen LogP contribution in [-0.4, -0.2) is 34.2 Å². The summed E-state index contributed by atoms with van der Waals surface area (Å²) in [5.41, 5.74) is 4.09. The molecule has 15 heteroatoms. The van der Waals surface area contributed by atoms with E-state index in [1.807, 2.05) is 0 Å². The number of halogens is 6. The van der Waals surface area contributed by atoms with Crippen molar-refractivity contribution in [1.82, 2.24) is 20.8 Å². The van der Waals surface area contributed by atoms with Gasteiger partial charge < -0.3 is 0 Å². The molecule has 2 heterocycles. The number of hydrogen-bond acceptors (Lipinski definition) is 6. The van der Waals surface area contributed by atoms with E-state index in [2.05, 4.69) is 31.0 Å². The van der Waals surface area contributed by atoms with E-state index >= 15 is 0 Å². The number of hydrazone groups is 2. The molecule has 225 valence electrons. The number of amides is 2. The van der Waals surface area contributed by atoms with E-state index in [0.717, 1.165) is 36.7 Å². The molecule has 4 rings (SSSR count). The van der Waals surface area contributed by atoms with Gasteiger partial charge in [0.15, 0.2) is 0 Å². The molecule has 0 aliphatic heterocycles. The minimum absolute atomic E-state index is 0. The zero-order valence-corrected chi connectivity index (χ0v) is 22.6. The van der Waals surface area contributed by atoms with E-state index in [1.54, 1.807) is 0 Å². The van der Waals surface area contributed by atoms with E-state index in [9.17, 15) is 35.9 Å². The minimum Gasteiger partial charge on any atom is -0.267 e. The molecule has 0 aliphatic carbocycles. The molecule has 0 saturated carbocycles. The SMILES string of the molecule is O=C(NN=Cc1cccc(C(F)(F)F)c1)c1ccncc1.O=C(NN=Cc1cccc(C(F)(F)F)c1)c1ccncc1.[Co]. The first-order chi connectivity index (χ1) is 19.9. The third kappa shape index (κ3) is 11.5. The quantitative estimate of drug-likeness (QED) is 0.159. The Hall–Kier alpha value is -4.89. The van der Waals surface area contributed by atoms with Gasteiger partial charge in [0.05, 0.1) is 23.6 Å². The van der Waals surface area contributed by atoms with Crippen molar-refractivity contribution in [1.29, 1.82) is 0 Å². The number of pyridine rings is 2. The Morgan fingerprint density at radius 3 is 1.28 bits per heavy atom. The molecule has 8 nitrogen and oxygen atoms in total. The number of hydrogen-bond donors (Lipinski definition) is 2. The molecule has 4 aromatic rings. The van der Waals surface area contributed by atoms with E-state index in [4.69, 9.17) is 0 Å². The molecule has 0 aliphatic rings. The van der Waals surface area contributed by atoms with Crippen molar-refractivity contribution in [3.8, 4) is 0 Å². The van der Waals surface area contributed by atoms with Gasteiger partial charge in [0.2, 0.25) is 0 Å². The zero-order valence-electron chi connectivity index (χ0n) is 21.6. The average molecular weight is 645 g/mol. The van der Waals surface area contributed by atoms with Gasteiger partial charge in [-0.05, 0) is 59.7 Å². The van der Waals surface area contributed by atoms with Crippen LogP contribution in [0.25, 0.3) is 0 Å². The number of alkyl halides is 6. The van der Waals surface area contributed by atoms with Crippen LogP contribution in [0, 0.1) is 0 Å². The maximum atomic E-state index is 12.5. The van der Waals surface area contributed by atoms with Gasteiger partial charge in [-0.3, -0.25) is 19.6 Å². The first-order valence-corrected chi connectivity index (χ1v) is 11.7. The molecule has 0 fully saturated rings. The van der Waals surface area contributed by atoms with E-state index in [-0.39, 0.29) is 27.9 Å². The molecule has 43 heavy (non-hydrogen) atoms. The van der Waals surface area contributed by atoms with Gasteiger partial charge in [-0.15, -0.1) is 0 Å². The van der Waals surface area contributed by atoms with Crippen molar-refractivity contribution >= 4 is 24.2 Å². The maximum absolute atomic E-state index is 12.5. The standard InChI is InChI=1S/2C14H10F3N3O.Co/c2*15-14(16,17)12-3-1-2-10(8-12)9-19-20-13(21)11-4-6-18-7-5-11;/h2*1-9H,(H,20,21);. The van der Waals surface area contributed by atoms with E-state index in [0.29, 0.717) is 11.1 Å². The summed E-state index contributed by atoms with van der Waals surface area (Å²) in [5, 5.41) is 7.26. The summed E-state index contributed by atoms with van der Waals surface area (Å²) in [7, 11) is 0. The Morgan fingerprint density at radius 2 is 0.953 bits per heavy atom. The smallest absolute Gasteiger partial charge is 0.267 e. The summed E-state index contributed by atoms with van der Waals surface area (Å²) in [4.78, 5) is 30.8. The summed E-state index contributed by atoms with van der Waals surface area (Å²) >= 11 is 0. The molecular formula is C28H20CoF6N6O2. The van der Waals surface area contributed by atoms with Gasteiger partial charge in [0.1, 0.15) is 0 Å². The molecule has 2 N–H and O–H groups in total. The molecule has 0 atom stereocenters. The van der Waals surface area contributed by atoms with Crippen LogP contribution in [0.15, 0.2) is 108 Å². The third-order valence-corrected chi connectivity index (χ3v) is 5.07. The monoisotopic (exact) mass is 645 g/mol. The number of aromatic nitrogens is 2. The third-order valence-electron chi connectivity index (χ3n) is 5.07. The van der Waals surface area contributed by atoms with Crippen molar-refractivity contribution in [2.24, 2.45) is 10.2 Å².